The van der Waals surface area contributed by atoms with Crippen molar-refractivity contribution in [2.45, 2.75) is 45.1 Å². The molecule has 2 unspecified atom stereocenters. The van der Waals surface area contributed by atoms with Crippen LogP contribution in [0.4, 0.5) is 0 Å². The number of hydrogen-bond acceptors (Lipinski definition) is 4. The Morgan fingerprint density at radius 1 is 1.47 bits per heavy atom. The summed E-state index contributed by atoms with van der Waals surface area (Å²) in [6.45, 7) is 2.61. The van der Waals surface area contributed by atoms with Gasteiger partial charge in [-0.05, 0) is 25.3 Å². The molecule has 19 heavy (non-hydrogen) atoms. The van der Waals surface area contributed by atoms with E-state index in [-0.39, 0.29) is 17.8 Å². The van der Waals surface area contributed by atoms with Gasteiger partial charge in [0.05, 0.1) is 0 Å². The highest BCUT2D eigenvalue weighted by Gasteiger charge is 2.31. The van der Waals surface area contributed by atoms with Crippen molar-refractivity contribution in [3.8, 4) is 0 Å². The minimum absolute atomic E-state index is 0.110. The number of nitrogens with one attached hydrogen (secondary N) is 1. The molecule has 1 aliphatic rings. The minimum atomic E-state index is -0.110. The van der Waals surface area contributed by atoms with Crippen molar-refractivity contribution >= 4 is 5.91 Å². The summed E-state index contributed by atoms with van der Waals surface area (Å²) < 4.78 is 0. The fourth-order valence-electron chi connectivity index (χ4n) is 2.83. The lowest BCUT2D eigenvalue weighted by molar-refractivity contribution is 0.0608. The fraction of sp³-hybridized carbons (Fsp3) is 0.769. The van der Waals surface area contributed by atoms with E-state index in [0.29, 0.717) is 12.5 Å². The van der Waals surface area contributed by atoms with Gasteiger partial charge in [0.2, 0.25) is 5.82 Å². The van der Waals surface area contributed by atoms with Crippen LogP contribution in [0.2, 0.25) is 0 Å². The molecule has 2 atom stereocenters. The van der Waals surface area contributed by atoms with Crippen molar-refractivity contribution in [2.75, 3.05) is 13.6 Å². The summed E-state index contributed by atoms with van der Waals surface area (Å²) in [4.78, 5) is 18.4. The molecule has 6 nitrogen and oxygen atoms in total. The van der Waals surface area contributed by atoms with Gasteiger partial charge in [-0.3, -0.25) is 9.89 Å². The molecule has 3 N–H and O–H groups in total. The van der Waals surface area contributed by atoms with E-state index >= 15 is 0 Å². The van der Waals surface area contributed by atoms with Crippen LogP contribution in [0.3, 0.4) is 0 Å². The Balaban J connectivity index is 2.08. The van der Waals surface area contributed by atoms with Crippen LogP contribution < -0.4 is 5.73 Å². The van der Waals surface area contributed by atoms with Gasteiger partial charge < -0.3 is 10.6 Å². The van der Waals surface area contributed by atoms with E-state index in [1.165, 1.54) is 6.42 Å². The monoisotopic (exact) mass is 265 g/mol. The molecule has 1 fully saturated rings. The first-order chi connectivity index (χ1) is 9.17. The Kier molecular flexibility index (Phi) is 4.52. The first-order valence-corrected chi connectivity index (χ1v) is 7.05. The molecule has 0 aromatic carbocycles. The third-order valence-electron chi connectivity index (χ3n) is 4.05. The van der Waals surface area contributed by atoms with Crippen molar-refractivity contribution in [2.24, 2.45) is 11.7 Å². The lowest BCUT2D eigenvalue weighted by Gasteiger charge is -2.37. The van der Waals surface area contributed by atoms with E-state index in [1.807, 2.05) is 14.0 Å². The highest BCUT2D eigenvalue weighted by atomic mass is 16.2. The number of hydrogen-bond donors (Lipinski definition) is 2. The highest BCUT2D eigenvalue weighted by molar-refractivity contribution is 5.90. The van der Waals surface area contributed by atoms with Gasteiger partial charge >= 0.3 is 0 Å². The second-order valence-electron chi connectivity index (χ2n) is 5.22. The van der Waals surface area contributed by atoms with E-state index < -0.39 is 0 Å². The van der Waals surface area contributed by atoms with Crippen molar-refractivity contribution in [3.63, 3.8) is 0 Å². The van der Waals surface area contributed by atoms with Gasteiger partial charge in [0, 0.05) is 19.5 Å². The predicted molar refractivity (Wildman–Crippen MR) is 72.7 cm³/mol. The van der Waals surface area contributed by atoms with E-state index in [2.05, 4.69) is 15.2 Å². The average molecular weight is 265 g/mol. The lowest BCUT2D eigenvalue weighted by atomic mass is 9.83. The number of aryl methyl sites for hydroxylation is 1. The van der Waals surface area contributed by atoms with E-state index in [1.54, 1.807) is 4.90 Å². The van der Waals surface area contributed by atoms with E-state index in [4.69, 9.17) is 5.73 Å². The van der Waals surface area contributed by atoms with Gasteiger partial charge in [0.1, 0.15) is 5.82 Å². The molecule has 0 saturated heterocycles. The number of carbonyl (C=O) groups is 1. The predicted octanol–water partition coefficient (Wildman–Crippen LogP) is 0.957. The molecule has 0 bridgehead atoms. The van der Waals surface area contributed by atoms with Crippen LogP contribution in [-0.2, 0) is 6.42 Å². The standard InChI is InChI=1S/C13H23N5O/c1-3-11-15-12(17-16-11)13(19)18(2)10-7-5-4-6-9(10)8-14/h9-10H,3-8,14H2,1-2H3,(H,15,16,17). The summed E-state index contributed by atoms with van der Waals surface area (Å²) in [5.74, 6) is 1.30. The van der Waals surface area contributed by atoms with Gasteiger partial charge in [-0.15, -0.1) is 5.10 Å². The van der Waals surface area contributed by atoms with Crippen LogP contribution in [0, 0.1) is 5.92 Å². The van der Waals surface area contributed by atoms with Crippen LogP contribution in [0.5, 0.6) is 0 Å². The first kappa shape index (κ1) is 14.0. The van der Waals surface area contributed by atoms with Gasteiger partial charge in [0.15, 0.2) is 0 Å². The van der Waals surface area contributed by atoms with Crippen molar-refractivity contribution in [3.05, 3.63) is 11.6 Å². The minimum Gasteiger partial charge on any atom is -0.336 e. The lowest BCUT2D eigenvalue weighted by Crippen LogP contribution is -2.46. The quantitative estimate of drug-likeness (QED) is 0.848. The number of rotatable bonds is 4. The van der Waals surface area contributed by atoms with Gasteiger partial charge in [-0.25, -0.2) is 4.98 Å². The Hall–Kier alpha value is -1.43. The number of nitrogens with zero attached hydrogens (tertiary/aromatic N) is 3. The third kappa shape index (κ3) is 2.94. The topological polar surface area (TPSA) is 87.9 Å². The maximum atomic E-state index is 12.4. The molecule has 0 aliphatic heterocycles. The van der Waals surface area contributed by atoms with Crippen LogP contribution in [0.1, 0.15) is 49.1 Å². The van der Waals surface area contributed by atoms with Crippen molar-refractivity contribution in [1.29, 1.82) is 0 Å². The molecule has 6 heteroatoms. The number of carbonyl (C=O) groups excluding carboxylic acids is 1. The maximum Gasteiger partial charge on any atom is 0.293 e. The zero-order valence-electron chi connectivity index (χ0n) is 11.7. The Morgan fingerprint density at radius 2 is 2.21 bits per heavy atom. The molecule has 1 amide bonds. The van der Waals surface area contributed by atoms with Crippen LogP contribution in [0.15, 0.2) is 0 Å². The zero-order chi connectivity index (χ0) is 13.8. The van der Waals surface area contributed by atoms with Crippen LogP contribution >= 0.6 is 0 Å². The second-order valence-corrected chi connectivity index (χ2v) is 5.22. The largest absolute Gasteiger partial charge is 0.336 e. The average Bonchev–Trinajstić information content (AvgIpc) is 2.94. The summed E-state index contributed by atoms with van der Waals surface area (Å²) in [5.41, 5.74) is 5.82. The number of H-pyrrole nitrogens is 1. The molecule has 106 valence electrons. The Bertz CT molecular complexity index is 430. The molecule has 0 radical (unpaired) electrons. The number of nitrogens with two attached hydrogens (primary N) is 1. The number of amides is 1. The first-order valence-electron chi connectivity index (χ1n) is 7.05. The summed E-state index contributed by atoms with van der Waals surface area (Å²) in [7, 11) is 1.84. The fourth-order valence-corrected chi connectivity index (χ4v) is 2.83. The van der Waals surface area contributed by atoms with Crippen molar-refractivity contribution < 1.29 is 4.79 Å². The summed E-state index contributed by atoms with van der Waals surface area (Å²) in [5, 5.41) is 6.78. The van der Waals surface area contributed by atoms with E-state index in [0.717, 1.165) is 31.5 Å². The number of aromatic amines is 1. The summed E-state index contributed by atoms with van der Waals surface area (Å²) >= 11 is 0. The van der Waals surface area contributed by atoms with Crippen molar-refractivity contribution in [1.82, 2.24) is 20.1 Å². The van der Waals surface area contributed by atoms with E-state index in [9.17, 15) is 4.79 Å². The Morgan fingerprint density at radius 3 is 2.84 bits per heavy atom. The molecule has 1 saturated carbocycles. The normalized spacial score (nSPS) is 23.3. The third-order valence-corrected chi connectivity index (χ3v) is 4.05. The molecule has 2 rings (SSSR count). The van der Waals surface area contributed by atoms with Crippen LogP contribution in [-0.4, -0.2) is 45.6 Å². The molecular formula is C13H23N5O. The zero-order valence-corrected chi connectivity index (χ0v) is 11.7. The molecule has 1 aliphatic carbocycles. The maximum absolute atomic E-state index is 12.4. The van der Waals surface area contributed by atoms with Crippen LogP contribution in [0.25, 0.3) is 0 Å². The second kappa shape index (κ2) is 6.14. The highest BCUT2D eigenvalue weighted by Crippen LogP contribution is 2.27. The molecule has 1 aromatic heterocycles. The summed E-state index contributed by atoms with van der Waals surface area (Å²) in [6, 6.07) is 0.217. The SMILES string of the molecule is CCc1nc(C(=O)N(C)C2CCCCC2CN)n[nH]1. The molecule has 1 aromatic rings. The van der Waals surface area contributed by atoms with Gasteiger partial charge in [-0.2, -0.15) is 0 Å². The van der Waals surface area contributed by atoms with Gasteiger partial charge in [0.25, 0.3) is 5.91 Å². The summed E-state index contributed by atoms with van der Waals surface area (Å²) in [6.07, 6.45) is 5.25. The van der Waals surface area contributed by atoms with Gasteiger partial charge in [-0.1, -0.05) is 19.8 Å². The molecule has 0 spiro atoms. The number of aromatic nitrogens is 3. The Labute approximate surface area is 113 Å². The molecular weight excluding hydrogens is 242 g/mol. The molecule has 1 heterocycles. The smallest absolute Gasteiger partial charge is 0.293 e.